The number of hydrogen-bond donors (Lipinski definition) is 1. The molecule has 2 fully saturated rings. The number of halogens is 1. The molecule has 1 spiro atoms. The van der Waals surface area contributed by atoms with Crippen molar-refractivity contribution in [2.45, 2.75) is 18.8 Å². The minimum absolute atomic E-state index is 0.323. The van der Waals surface area contributed by atoms with Gasteiger partial charge >= 0.3 is 0 Å². The Morgan fingerprint density at radius 1 is 1.25 bits per heavy atom. The van der Waals surface area contributed by atoms with Crippen LogP contribution in [0.15, 0.2) is 30.5 Å². The molecule has 1 N–H and O–H groups in total. The molecule has 6 heteroatoms. The molecule has 0 saturated carbocycles. The average Bonchev–Trinajstić information content (AvgIpc) is 3.24. The first kappa shape index (κ1) is 16.2. The summed E-state index contributed by atoms with van der Waals surface area (Å²) in [6, 6.07) is 7.93. The van der Waals surface area contributed by atoms with E-state index in [1.807, 2.05) is 24.4 Å². The minimum Gasteiger partial charge on any atom is -0.346 e. The lowest BCUT2D eigenvalue weighted by atomic mass is 10.1. The summed E-state index contributed by atoms with van der Waals surface area (Å²) in [4.78, 5) is 6.88. The number of pyridine rings is 1. The van der Waals surface area contributed by atoms with Crippen LogP contribution in [0.5, 0.6) is 0 Å². The second-order valence-corrected chi connectivity index (χ2v) is 6.82. The maximum absolute atomic E-state index is 6.24. The molecular formula is C18H22ClN3O2. The van der Waals surface area contributed by atoms with E-state index in [-0.39, 0.29) is 5.79 Å². The number of rotatable bonds is 5. The van der Waals surface area contributed by atoms with Gasteiger partial charge in [0.05, 0.1) is 25.3 Å². The molecule has 0 atom stereocenters. The third-order valence-electron chi connectivity index (χ3n) is 4.81. The molecule has 2 saturated heterocycles. The molecule has 1 aromatic carbocycles. The van der Waals surface area contributed by atoms with Gasteiger partial charge in [-0.25, -0.2) is 0 Å². The predicted octanol–water partition coefficient (Wildman–Crippen LogP) is 2.43. The second-order valence-electron chi connectivity index (χ2n) is 6.42. The Morgan fingerprint density at radius 2 is 2.12 bits per heavy atom. The highest BCUT2D eigenvalue weighted by Gasteiger charge is 2.42. The molecule has 3 heterocycles. The van der Waals surface area contributed by atoms with Gasteiger partial charge in [-0.05, 0) is 23.8 Å². The van der Waals surface area contributed by atoms with E-state index < -0.39 is 0 Å². The van der Waals surface area contributed by atoms with Gasteiger partial charge in [-0.1, -0.05) is 17.7 Å². The van der Waals surface area contributed by atoms with Crippen LogP contribution in [0.2, 0.25) is 5.02 Å². The largest absolute Gasteiger partial charge is 0.346 e. The van der Waals surface area contributed by atoms with Crippen molar-refractivity contribution >= 4 is 22.5 Å². The van der Waals surface area contributed by atoms with Crippen LogP contribution >= 0.6 is 11.6 Å². The highest BCUT2D eigenvalue weighted by atomic mass is 35.5. The average molecular weight is 348 g/mol. The van der Waals surface area contributed by atoms with Crippen molar-refractivity contribution in [3.05, 3.63) is 41.0 Å². The van der Waals surface area contributed by atoms with Crippen LogP contribution in [0.1, 0.15) is 12.0 Å². The van der Waals surface area contributed by atoms with Crippen molar-refractivity contribution < 1.29 is 9.47 Å². The second kappa shape index (κ2) is 6.94. The molecule has 0 radical (unpaired) electrons. The van der Waals surface area contributed by atoms with Gasteiger partial charge in [-0.3, -0.25) is 9.88 Å². The quantitative estimate of drug-likeness (QED) is 0.842. The molecule has 2 aliphatic rings. The lowest BCUT2D eigenvalue weighted by molar-refractivity contribution is -0.145. The smallest absolute Gasteiger partial charge is 0.182 e. The third kappa shape index (κ3) is 3.27. The van der Waals surface area contributed by atoms with Gasteiger partial charge in [0.2, 0.25) is 0 Å². The number of hydrogen-bond acceptors (Lipinski definition) is 5. The van der Waals surface area contributed by atoms with E-state index in [1.165, 1.54) is 5.56 Å². The maximum Gasteiger partial charge on any atom is 0.182 e. The molecule has 0 bridgehead atoms. The molecule has 1 aromatic heterocycles. The fourth-order valence-electron chi connectivity index (χ4n) is 3.55. The summed E-state index contributed by atoms with van der Waals surface area (Å²) in [7, 11) is 0. The summed E-state index contributed by atoms with van der Waals surface area (Å²) in [5.41, 5.74) is 2.15. The zero-order chi connectivity index (χ0) is 16.4. The van der Waals surface area contributed by atoms with Crippen molar-refractivity contribution in [1.29, 1.82) is 0 Å². The van der Waals surface area contributed by atoms with Crippen LogP contribution in [0.25, 0.3) is 10.9 Å². The lowest BCUT2D eigenvalue weighted by Gasteiger charge is -2.22. The molecule has 2 aliphatic heterocycles. The number of ether oxygens (including phenoxy) is 2. The number of fused-ring (bicyclic) bond motifs is 1. The first-order chi connectivity index (χ1) is 11.8. The monoisotopic (exact) mass is 347 g/mol. The minimum atomic E-state index is -0.323. The molecular weight excluding hydrogens is 326 g/mol. The van der Waals surface area contributed by atoms with Crippen LogP contribution in [0.3, 0.4) is 0 Å². The molecule has 4 rings (SSSR count). The summed E-state index contributed by atoms with van der Waals surface area (Å²) < 4.78 is 11.5. The fourth-order valence-corrected chi connectivity index (χ4v) is 3.77. The Kier molecular flexibility index (Phi) is 4.70. The van der Waals surface area contributed by atoms with Crippen molar-refractivity contribution in [2.75, 3.05) is 39.4 Å². The van der Waals surface area contributed by atoms with Gasteiger partial charge in [0.1, 0.15) is 0 Å². The van der Waals surface area contributed by atoms with E-state index in [0.29, 0.717) is 0 Å². The molecule has 0 unspecified atom stereocenters. The van der Waals surface area contributed by atoms with Gasteiger partial charge in [0, 0.05) is 49.2 Å². The van der Waals surface area contributed by atoms with Crippen molar-refractivity contribution in [1.82, 2.24) is 15.2 Å². The molecule has 0 amide bonds. The van der Waals surface area contributed by atoms with Gasteiger partial charge in [0.25, 0.3) is 0 Å². The van der Waals surface area contributed by atoms with Gasteiger partial charge in [-0.2, -0.15) is 0 Å². The molecule has 5 nitrogen and oxygen atoms in total. The van der Waals surface area contributed by atoms with Crippen LogP contribution < -0.4 is 5.32 Å². The van der Waals surface area contributed by atoms with Crippen molar-refractivity contribution in [2.24, 2.45) is 0 Å². The van der Waals surface area contributed by atoms with Crippen molar-refractivity contribution in [3.63, 3.8) is 0 Å². The summed E-state index contributed by atoms with van der Waals surface area (Å²) in [6.07, 6.45) is 2.78. The molecule has 128 valence electrons. The summed E-state index contributed by atoms with van der Waals surface area (Å²) >= 11 is 6.24. The summed E-state index contributed by atoms with van der Waals surface area (Å²) in [5.74, 6) is -0.323. The number of nitrogens with zero attached hydrogens (tertiary/aromatic N) is 2. The standard InChI is InChI=1S/C18H22ClN3O2/c19-16-4-3-14(17-15(16)2-1-6-21-17)12-20-7-9-22-8-5-18(13-22)23-10-11-24-18/h1-4,6,20H,5,7-13H2. The first-order valence-electron chi connectivity index (χ1n) is 8.49. The molecule has 24 heavy (non-hydrogen) atoms. The Balaban J connectivity index is 1.30. The van der Waals surface area contributed by atoms with E-state index in [4.69, 9.17) is 21.1 Å². The molecule has 0 aliphatic carbocycles. The Labute approximate surface area is 146 Å². The lowest BCUT2D eigenvalue weighted by Crippen LogP contribution is -2.36. The summed E-state index contributed by atoms with van der Waals surface area (Å²) in [5, 5.41) is 5.27. The zero-order valence-corrected chi connectivity index (χ0v) is 14.4. The fraction of sp³-hybridized carbons (Fsp3) is 0.500. The van der Waals surface area contributed by atoms with Crippen LogP contribution in [-0.4, -0.2) is 55.1 Å². The first-order valence-corrected chi connectivity index (χ1v) is 8.87. The van der Waals surface area contributed by atoms with Crippen LogP contribution in [-0.2, 0) is 16.0 Å². The SMILES string of the molecule is Clc1ccc(CNCCN2CCC3(C2)OCCO3)c2ncccc12. The topological polar surface area (TPSA) is 46.6 Å². The van der Waals surface area contributed by atoms with E-state index >= 15 is 0 Å². The van der Waals surface area contributed by atoms with E-state index in [2.05, 4.69) is 21.3 Å². The Bertz CT molecular complexity index is 718. The van der Waals surface area contributed by atoms with Crippen LogP contribution in [0, 0.1) is 0 Å². The number of nitrogens with one attached hydrogen (secondary N) is 1. The highest BCUT2D eigenvalue weighted by molar-refractivity contribution is 6.35. The van der Waals surface area contributed by atoms with Crippen LogP contribution in [0.4, 0.5) is 0 Å². The van der Waals surface area contributed by atoms with E-state index in [9.17, 15) is 0 Å². The highest BCUT2D eigenvalue weighted by Crippen LogP contribution is 2.30. The van der Waals surface area contributed by atoms with E-state index in [0.717, 1.165) is 68.3 Å². The maximum atomic E-state index is 6.24. The molecule has 2 aromatic rings. The number of likely N-dealkylation sites (tertiary alicyclic amines) is 1. The predicted molar refractivity (Wildman–Crippen MR) is 94.2 cm³/mol. The van der Waals surface area contributed by atoms with Gasteiger partial charge in [-0.15, -0.1) is 0 Å². The Morgan fingerprint density at radius 3 is 3.00 bits per heavy atom. The normalized spacial score (nSPS) is 20.4. The van der Waals surface area contributed by atoms with Gasteiger partial charge < -0.3 is 14.8 Å². The van der Waals surface area contributed by atoms with Crippen molar-refractivity contribution in [3.8, 4) is 0 Å². The zero-order valence-electron chi connectivity index (χ0n) is 13.6. The summed E-state index contributed by atoms with van der Waals surface area (Å²) in [6.45, 7) is 6.07. The third-order valence-corrected chi connectivity index (χ3v) is 5.14. The Hall–Kier alpha value is -1.24. The number of aromatic nitrogens is 1. The van der Waals surface area contributed by atoms with Gasteiger partial charge in [0.15, 0.2) is 5.79 Å². The van der Waals surface area contributed by atoms with E-state index in [1.54, 1.807) is 0 Å². The number of benzene rings is 1.